The minimum Gasteiger partial charge on any atom is -0.362 e. The van der Waals surface area contributed by atoms with Crippen molar-refractivity contribution in [3.05, 3.63) is 11.6 Å². The molecule has 0 amide bonds. The first-order valence-electron chi connectivity index (χ1n) is 4.57. The lowest BCUT2D eigenvalue weighted by Gasteiger charge is -2.08. The third-order valence-electron chi connectivity index (χ3n) is 1.74. The Morgan fingerprint density at radius 3 is 2.92 bits per heavy atom. The second-order valence-corrected chi connectivity index (χ2v) is 4.17. The number of hydrogen-bond donors (Lipinski definition) is 1. The summed E-state index contributed by atoms with van der Waals surface area (Å²) < 4.78 is 0. The summed E-state index contributed by atoms with van der Waals surface area (Å²) in [5.41, 5.74) is 0. The third-order valence-corrected chi connectivity index (χ3v) is 2.47. The fraction of sp³-hybridized carbons (Fsp3) is 0.667. The number of nitrogens with one attached hydrogen (secondary N) is 1. The van der Waals surface area contributed by atoms with Crippen LogP contribution in [0.4, 0.5) is 5.13 Å². The van der Waals surface area contributed by atoms with Gasteiger partial charge in [0, 0.05) is 18.1 Å². The molecule has 1 rings (SSSR count). The zero-order valence-corrected chi connectivity index (χ0v) is 9.10. The first-order chi connectivity index (χ1) is 6.29. The summed E-state index contributed by atoms with van der Waals surface area (Å²) in [6.45, 7) is 2.20. The van der Waals surface area contributed by atoms with E-state index in [1.807, 2.05) is 11.6 Å². The van der Waals surface area contributed by atoms with Gasteiger partial charge in [-0.3, -0.25) is 0 Å². The second-order valence-electron chi connectivity index (χ2n) is 3.27. The molecule has 0 bridgehead atoms. The van der Waals surface area contributed by atoms with E-state index in [1.54, 1.807) is 11.3 Å². The van der Waals surface area contributed by atoms with Crippen LogP contribution in [0.5, 0.6) is 0 Å². The predicted octanol–water partition coefficient (Wildman–Crippen LogP) is 1.90. The molecule has 0 aliphatic rings. The molecular formula is C9H17N3S. The maximum absolute atomic E-state index is 4.15. The highest BCUT2D eigenvalue weighted by molar-refractivity contribution is 7.13. The monoisotopic (exact) mass is 199 g/mol. The zero-order valence-electron chi connectivity index (χ0n) is 8.29. The lowest BCUT2D eigenvalue weighted by atomic mass is 10.3. The molecule has 3 nitrogen and oxygen atoms in total. The van der Waals surface area contributed by atoms with Gasteiger partial charge >= 0.3 is 0 Å². The minimum absolute atomic E-state index is 1.03. The zero-order chi connectivity index (χ0) is 9.52. The first-order valence-corrected chi connectivity index (χ1v) is 5.45. The molecule has 0 radical (unpaired) electrons. The molecule has 0 atom stereocenters. The number of nitrogens with zero attached hydrogens (tertiary/aromatic N) is 2. The van der Waals surface area contributed by atoms with Gasteiger partial charge < -0.3 is 10.2 Å². The molecule has 0 fully saturated rings. The Bertz CT molecular complexity index is 209. The van der Waals surface area contributed by atoms with Gasteiger partial charge in [0.15, 0.2) is 5.13 Å². The van der Waals surface area contributed by atoms with Gasteiger partial charge in [-0.25, -0.2) is 4.98 Å². The molecule has 0 saturated heterocycles. The number of thiazole rings is 1. The van der Waals surface area contributed by atoms with Crippen LogP contribution in [0.2, 0.25) is 0 Å². The highest BCUT2D eigenvalue weighted by Crippen LogP contribution is 2.09. The standard InChI is InChI=1S/C9H17N3S/c1-12(2)7-4-3-5-10-9-11-6-8-13-9/h6,8H,3-5,7H2,1-2H3,(H,10,11). The van der Waals surface area contributed by atoms with Gasteiger partial charge in [-0.2, -0.15) is 0 Å². The molecule has 1 heterocycles. The van der Waals surface area contributed by atoms with Crippen molar-refractivity contribution in [1.29, 1.82) is 0 Å². The van der Waals surface area contributed by atoms with Crippen LogP contribution in [-0.2, 0) is 0 Å². The third kappa shape index (κ3) is 4.85. The summed E-state index contributed by atoms with van der Waals surface area (Å²) in [5.74, 6) is 0. The van der Waals surface area contributed by atoms with E-state index in [9.17, 15) is 0 Å². The van der Waals surface area contributed by atoms with Crippen LogP contribution < -0.4 is 5.32 Å². The fourth-order valence-electron chi connectivity index (χ4n) is 1.06. The van der Waals surface area contributed by atoms with Crippen molar-refractivity contribution in [3.8, 4) is 0 Å². The molecule has 1 aromatic rings. The Hall–Kier alpha value is -0.610. The van der Waals surface area contributed by atoms with E-state index in [-0.39, 0.29) is 0 Å². The molecule has 1 N–H and O–H groups in total. The smallest absolute Gasteiger partial charge is 0.182 e. The molecule has 0 aliphatic heterocycles. The van der Waals surface area contributed by atoms with Gasteiger partial charge in [0.1, 0.15) is 0 Å². The average molecular weight is 199 g/mol. The van der Waals surface area contributed by atoms with Crippen molar-refractivity contribution in [3.63, 3.8) is 0 Å². The van der Waals surface area contributed by atoms with Crippen LogP contribution in [0.3, 0.4) is 0 Å². The second kappa shape index (κ2) is 5.94. The Kier molecular flexibility index (Phi) is 4.78. The van der Waals surface area contributed by atoms with Gasteiger partial charge in [0.2, 0.25) is 0 Å². The topological polar surface area (TPSA) is 28.2 Å². The van der Waals surface area contributed by atoms with Gasteiger partial charge in [-0.05, 0) is 33.5 Å². The van der Waals surface area contributed by atoms with E-state index in [2.05, 4.69) is 29.3 Å². The Morgan fingerprint density at radius 1 is 1.46 bits per heavy atom. The largest absolute Gasteiger partial charge is 0.362 e. The quantitative estimate of drug-likeness (QED) is 0.709. The summed E-state index contributed by atoms with van der Waals surface area (Å²) in [5, 5.41) is 6.31. The Balaban J connectivity index is 1.96. The molecular weight excluding hydrogens is 182 g/mol. The summed E-state index contributed by atoms with van der Waals surface area (Å²) in [4.78, 5) is 6.36. The van der Waals surface area contributed by atoms with E-state index < -0.39 is 0 Å². The number of aromatic nitrogens is 1. The van der Waals surface area contributed by atoms with Gasteiger partial charge in [-0.15, -0.1) is 11.3 Å². The van der Waals surface area contributed by atoms with Crippen LogP contribution in [0.25, 0.3) is 0 Å². The summed E-state index contributed by atoms with van der Waals surface area (Å²) >= 11 is 1.65. The van der Waals surface area contributed by atoms with Crippen LogP contribution in [-0.4, -0.2) is 37.1 Å². The summed E-state index contributed by atoms with van der Waals surface area (Å²) in [7, 11) is 4.21. The van der Waals surface area contributed by atoms with E-state index in [0.29, 0.717) is 0 Å². The number of unbranched alkanes of at least 4 members (excludes halogenated alkanes) is 1. The van der Waals surface area contributed by atoms with E-state index in [4.69, 9.17) is 0 Å². The fourth-order valence-corrected chi connectivity index (χ4v) is 1.62. The average Bonchev–Trinajstić information content (AvgIpc) is 2.55. The lowest BCUT2D eigenvalue weighted by molar-refractivity contribution is 0.396. The van der Waals surface area contributed by atoms with Crippen molar-refractivity contribution >= 4 is 16.5 Å². The molecule has 0 aromatic carbocycles. The number of hydrogen-bond acceptors (Lipinski definition) is 4. The van der Waals surface area contributed by atoms with E-state index in [1.165, 1.54) is 19.4 Å². The van der Waals surface area contributed by atoms with Crippen LogP contribution in [0.15, 0.2) is 11.6 Å². The summed E-state index contributed by atoms with van der Waals surface area (Å²) in [6.07, 6.45) is 4.27. The molecule has 0 spiro atoms. The number of rotatable bonds is 6. The van der Waals surface area contributed by atoms with Crippen molar-refractivity contribution in [2.45, 2.75) is 12.8 Å². The Labute approximate surface area is 83.8 Å². The van der Waals surface area contributed by atoms with Crippen molar-refractivity contribution in [2.75, 3.05) is 32.5 Å². The molecule has 13 heavy (non-hydrogen) atoms. The molecule has 74 valence electrons. The molecule has 0 aliphatic carbocycles. The first kappa shape index (κ1) is 10.5. The molecule has 1 aromatic heterocycles. The minimum atomic E-state index is 1.03. The van der Waals surface area contributed by atoms with E-state index in [0.717, 1.165) is 11.7 Å². The lowest BCUT2D eigenvalue weighted by Crippen LogP contribution is -2.14. The summed E-state index contributed by atoms with van der Waals surface area (Å²) in [6, 6.07) is 0. The van der Waals surface area contributed by atoms with Crippen LogP contribution in [0.1, 0.15) is 12.8 Å². The van der Waals surface area contributed by atoms with E-state index >= 15 is 0 Å². The maximum atomic E-state index is 4.15. The predicted molar refractivity (Wildman–Crippen MR) is 58.4 cm³/mol. The molecule has 0 unspecified atom stereocenters. The van der Waals surface area contributed by atoms with Crippen molar-refractivity contribution in [1.82, 2.24) is 9.88 Å². The SMILES string of the molecule is CN(C)CCCCNc1nccs1. The normalized spacial score (nSPS) is 10.7. The highest BCUT2D eigenvalue weighted by Gasteiger charge is 1.93. The van der Waals surface area contributed by atoms with Crippen LogP contribution >= 0.6 is 11.3 Å². The van der Waals surface area contributed by atoms with Gasteiger partial charge in [0.05, 0.1) is 0 Å². The maximum Gasteiger partial charge on any atom is 0.182 e. The van der Waals surface area contributed by atoms with Gasteiger partial charge in [-0.1, -0.05) is 0 Å². The van der Waals surface area contributed by atoms with Crippen molar-refractivity contribution in [2.24, 2.45) is 0 Å². The number of anilines is 1. The molecule has 4 heteroatoms. The van der Waals surface area contributed by atoms with Crippen molar-refractivity contribution < 1.29 is 0 Å². The molecule has 0 saturated carbocycles. The highest BCUT2D eigenvalue weighted by atomic mass is 32.1. The van der Waals surface area contributed by atoms with Crippen LogP contribution in [0, 0.1) is 0 Å². The van der Waals surface area contributed by atoms with Gasteiger partial charge in [0.25, 0.3) is 0 Å². The Morgan fingerprint density at radius 2 is 2.31 bits per heavy atom.